The van der Waals surface area contributed by atoms with Crippen LogP contribution in [0.15, 0.2) is 57.9 Å². The van der Waals surface area contributed by atoms with E-state index in [1.807, 2.05) is 51.1 Å². The van der Waals surface area contributed by atoms with Gasteiger partial charge in [-0.25, -0.2) is 4.99 Å². The van der Waals surface area contributed by atoms with Gasteiger partial charge in [0.2, 0.25) is 0 Å². The summed E-state index contributed by atoms with van der Waals surface area (Å²) < 4.78 is 0. The Morgan fingerprint density at radius 3 is 2.41 bits per heavy atom. The molecule has 1 atom stereocenters. The van der Waals surface area contributed by atoms with E-state index in [0.29, 0.717) is 37.3 Å². The first kappa shape index (κ1) is 21.3. The number of aliphatic imine (C=N–C) groups is 1. The van der Waals surface area contributed by atoms with E-state index >= 15 is 0 Å². The lowest BCUT2D eigenvalue weighted by atomic mass is 9.93. The quantitative estimate of drug-likeness (QED) is 0.418. The molecule has 1 aliphatic carbocycles. The predicted molar refractivity (Wildman–Crippen MR) is 118 cm³/mol. The standard InChI is InChI=1S/C24H33N3O2/c1-6-19(21(25-5)26-23(4)12-13-23)20(17(2)3)22(28)27-15-14-24(29,16-27)18-10-8-7-9-11-18/h7-11,26,29H,5-6,12-16H2,1-4H3/b21-19-. The number of amides is 1. The minimum atomic E-state index is -1.00. The van der Waals surface area contributed by atoms with Gasteiger partial charge < -0.3 is 15.3 Å². The molecular formula is C24H33N3O2. The summed E-state index contributed by atoms with van der Waals surface area (Å²) >= 11 is 0. The first-order valence-corrected chi connectivity index (χ1v) is 10.5. The Kier molecular flexibility index (Phi) is 5.99. The van der Waals surface area contributed by atoms with E-state index < -0.39 is 5.60 Å². The predicted octanol–water partition coefficient (Wildman–Crippen LogP) is 3.91. The van der Waals surface area contributed by atoms with Crippen LogP contribution in [-0.2, 0) is 10.4 Å². The molecule has 0 bridgehead atoms. The Morgan fingerprint density at radius 2 is 1.90 bits per heavy atom. The highest BCUT2D eigenvalue weighted by molar-refractivity contribution is 5.99. The van der Waals surface area contributed by atoms with Gasteiger partial charge in [0, 0.05) is 23.2 Å². The van der Waals surface area contributed by atoms with Crippen LogP contribution < -0.4 is 5.32 Å². The largest absolute Gasteiger partial charge is 0.383 e. The third-order valence-corrected chi connectivity index (χ3v) is 6.08. The topological polar surface area (TPSA) is 64.9 Å². The van der Waals surface area contributed by atoms with Crippen molar-refractivity contribution >= 4 is 12.6 Å². The first-order chi connectivity index (χ1) is 13.7. The van der Waals surface area contributed by atoms with Crippen LogP contribution in [0.25, 0.3) is 0 Å². The van der Waals surface area contributed by atoms with Crippen molar-refractivity contribution in [1.29, 1.82) is 0 Å². The number of hydrogen-bond acceptors (Lipinski definition) is 4. The molecule has 5 nitrogen and oxygen atoms in total. The molecule has 1 aromatic carbocycles. The molecule has 0 radical (unpaired) electrons. The first-order valence-electron chi connectivity index (χ1n) is 10.5. The Balaban J connectivity index is 1.89. The van der Waals surface area contributed by atoms with E-state index in [2.05, 4.69) is 24.0 Å². The molecule has 1 unspecified atom stereocenters. The number of nitrogens with zero attached hydrogens (tertiary/aromatic N) is 2. The van der Waals surface area contributed by atoms with Crippen LogP contribution >= 0.6 is 0 Å². The molecule has 1 saturated heterocycles. The fourth-order valence-electron chi connectivity index (χ4n) is 4.03. The van der Waals surface area contributed by atoms with Gasteiger partial charge in [-0.3, -0.25) is 4.79 Å². The number of carbonyl (C=O) groups is 1. The highest BCUT2D eigenvalue weighted by Crippen LogP contribution is 2.38. The second-order valence-corrected chi connectivity index (χ2v) is 8.77. The van der Waals surface area contributed by atoms with Crippen LogP contribution in [0, 0.1) is 0 Å². The lowest BCUT2D eigenvalue weighted by Gasteiger charge is -2.26. The molecule has 5 heteroatoms. The van der Waals surface area contributed by atoms with Gasteiger partial charge in [0.05, 0.1) is 6.54 Å². The monoisotopic (exact) mass is 395 g/mol. The van der Waals surface area contributed by atoms with Crippen molar-refractivity contribution in [3.05, 3.63) is 58.4 Å². The minimum Gasteiger partial charge on any atom is -0.383 e. The Hall–Kier alpha value is -2.40. The fraction of sp³-hybridized carbons (Fsp3) is 0.500. The Bertz CT molecular complexity index is 848. The SMILES string of the molecule is C=N/C(NC1(C)CC1)=C(\CC)C(C(=O)N1CCC(O)(c2ccccc2)C1)=C(C)C. The van der Waals surface area contributed by atoms with Gasteiger partial charge >= 0.3 is 0 Å². The van der Waals surface area contributed by atoms with Gasteiger partial charge in [0.25, 0.3) is 5.91 Å². The van der Waals surface area contributed by atoms with Gasteiger partial charge in [-0.1, -0.05) is 42.8 Å². The van der Waals surface area contributed by atoms with E-state index in [-0.39, 0.29) is 11.4 Å². The molecule has 29 heavy (non-hydrogen) atoms. The number of likely N-dealkylation sites (tertiary alicyclic amines) is 1. The molecule has 1 heterocycles. The Labute approximate surface area is 174 Å². The average Bonchev–Trinajstić information content (AvgIpc) is 3.30. The van der Waals surface area contributed by atoms with E-state index in [1.165, 1.54) is 0 Å². The summed E-state index contributed by atoms with van der Waals surface area (Å²) in [5, 5.41) is 14.6. The van der Waals surface area contributed by atoms with E-state index in [9.17, 15) is 9.90 Å². The summed E-state index contributed by atoms with van der Waals surface area (Å²) in [4.78, 5) is 19.5. The fourth-order valence-corrected chi connectivity index (χ4v) is 4.03. The molecule has 0 spiro atoms. The summed E-state index contributed by atoms with van der Waals surface area (Å²) in [6.07, 6.45) is 3.40. The van der Waals surface area contributed by atoms with Crippen molar-refractivity contribution in [1.82, 2.24) is 10.2 Å². The molecule has 156 valence electrons. The van der Waals surface area contributed by atoms with E-state index in [4.69, 9.17) is 0 Å². The maximum atomic E-state index is 13.5. The maximum absolute atomic E-state index is 13.5. The molecule has 1 amide bonds. The maximum Gasteiger partial charge on any atom is 0.254 e. The van der Waals surface area contributed by atoms with Crippen molar-refractivity contribution in [2.75, 3.05) is 13.1 Å². The number of nitrogens with one attached hydrogen (secondary N) is 1. The Morgan fingerprint density at radius 1 is 1.24 bits per heavy atom. The van der Waals surface area contributed by atoms with Crippen LogP contribution in [0.2, 0.25) is 0 Å². The third-order valence-electron chi connectivity index (χ3n) is 6.08. The van der Waals surface area contributed by atoms with Crippen LogP contribution in [0.4, 0.5) is 0 Å². The summed E-state index contributed by atoms with van der Waals surface area (Å²) in [6, 6.07) is 9.62. The molecule has 1 saturated carbocycles. The van der Waals surface area contributed by atoms with Crippen LogP contribution in [-0.4, -0.2) is 41.3 Å². The van der Waals surface area contributed by atoms with Gasteiger partial charge in [-0.2, -0.15) is 0 Å². The lowest BCUT2D eigenvalue weighted by molar-refractivity contribution is -0.127. The van der Waals surface area contributed by atoms with Gasteiger partial charge in [-0.05, 0) is 58.7 Å². The van der Waals surface area contributed by atoms with Gasteiger partial charge in [0.1, 0.15) is 11.4 Å². The van der Waals surface area contributed by atoms with Crippen LogP contribution in [0.5, 0.6) is 0 Å². The lowest BCUT2D eigenvalue weighted by Crippen LogP contribution is -2.36. The molecule has 1 aliphatic heterocycles. The third kappa shape index (κ3) is 4.45. The van der Waals surface area contributed by atoms with Crippen LogP contribution in [0.3, 0.4) is 0 Å². The highest BCUT2D eigenvalue weighted by Gasteiger charge is 2.41. The van der Waals surface area contributed by atoms with Crippen molar-refractivity contribution in [3.63, 3.8) is 0 Å². The molecule has 2 aliphatic rings. The number of benzene rings is 1. The summed E-state index contributed by atoms with van der Waals surface area (Å²) in [6.45, 7) is 12.7. The zero-order chi connectivity index (χ0) is 21.2. The van der Waals surface area contributed by atoms with Crippen molar-refractivity contribution in [3.8, 4) is 0 Å². The normalized spacial score (nSPS) is 23.3. The van der Waals surface area contributed by atoms with E-state index in [1.54, 1.807) is 4.90 Å². The molecule has 2 N–H and O–H groups in total. The highest BCUT2D eigenvalue weighted by atomic mass is 16.3. The number of aliphatic hydroxyl groups is 1. The number of allylic oxidation sites excluding steroid dienone is 1. The number of carbonyl (C=O) groups excluding carboxylic acids is 1. The van der Waals surface area contributed by atoms with Crippen molar-refractivity contribution < 1.29 is 9.90 Å². The molecule has 2 fully saturated rings. The van der Waals surface area contributed by atoms with Crippen molar-refractivity contribution in [2.45, 2.75) is 64.5 Å². The average molecular weight is 396 g/mol. The minimum absolute atomic E-state index is 0.0439. The summed E-state index contributed by atoms with van der Waals surface area (Å²) in [5.41, 5.74) is 2.44. The molecular weight excluding hydrogens is 362 g/mol. The zero-order valence-corrected chi connectivity index (χ0v) is 18.1. The van der Waals surface area contributed by atoms with Crippen molar-refractivity contribution in [2.24, 2.45) is 4.99 Å². The van der Waals surface area contributed by atoms with Gasteiger partial charge in [0.15, 0.2) is 0 Å². The molecule has 3 rings (SSSR count). The number of rotatable bonds is 7. The second-order valence-electron chi connectivity index (χ2n) is 8.77. The summed E-state index contributed by atoms with van der Waals surface area (Å²) in [5.74, 6) is 0.659. The van der Waals surface area contributed by atoms with E-state index in [0.717, 1.165) is 29.6 Å². The number of β-amino-alcohol motifs (C(OH)–C–C–N with tert-alkyl or cyclic N) is 1. The smallest absolute Gasteiger partial charge is 0.254 e. The van der Waals surface area contributed by atoms with Crippen LogP contribution in [0.1, 0.15) is 58.9 Å². The number of hydrogen-bond donors (Lipinski definition) is 2. The summed E-state index contributed by atoms with van der Waals surface area (Å²) in [7, 11) is 0. The molecule has 1 aromatic rings. The zero-order valence-electron chi connectivity index (χ0n) is 18.1. The molecule has 0 aromatic heterocycles. The second kappa shape index (κ2) is 8.15. The van der Waals surface area contributed by atoms with Gasteiger partial charge in [-0.15, -0.1) is 0 Å².